The molecule has 3 rings (SSSR count). The van der Waals surface area contributed by atoms with Crippen molar-refractivity contribution in [3.05, 3.63) is 35.4 Å². The summed E-state index contributed by atoms with van der Waals surface area (Å²) in [4.78, 5) is 15.2. The maximum absolute atomic E-state index is 12.7. The Morgan fingerprint density at radius 2 is 1.60 bits per heavy atom. The predicted molar refractivity (Wildman–Crippen MR) is 121 cm³/mol. The van der Waals surface area contributed by atoms with Gasteiger partial charge in [0, 0.05) is 43.8 Å². The van der Waals surface area contributed by atoms with E-state index in [2.05, 4.69) is 10.2 Å². The lowest BCUT2D eigenvalue weighted by atomic mass is 9.87. The molecule has 1 N–H and O–H groups in total. The highest BCUT2D eigenvalue weighted by Gasteiger charge is 2.40. The number of carbonyl (C=O) groups is 1. The number of hydrogen-bond acceptors (Lipinski definition) is 4. The van der Waals surface area contributed by atoms with Gasteiger partial charge in [-0.25, -0.2) is 8.42 Å². The number of piperazine rings is 1. The summed E-state index contributed by atoms with van der Waals surface area (Å²) in [6, 6.07) is 7.68. The highest BCUT2D eigenvalue weighted by molar-refractivity contribution is 7.89. The van der Waals surface area contributed by atoms with Crippen molar-refractivity contribution in [1.82, 2.24) is 14.5 Å². The molecule has 2 fully saturated rings. The van der Waals surface area contributed by atoms with E-state index in [1.54, 1.807) is 4.31 Å². The second-order valence-electron chi connectivity index (χ2n) is 8.89. The van der Waals surface area contributed by atoms with Gasteiger partial charge in [-0.1, -0.05) is 50.3 Å². The van der Waals surface area contributed by atoms with Gasteiger partial charge in [-0.2, -0.15) is 4.31 Å². The molecule has 1 aromatic rings. The molecule has 1 aliphatic heterocycles. The molecule has 168 valence electrons. The minimum atomic E-state index is -3.14. The molecule has 1 saturated carbocycles. The number of sulfonamides is 1. The molecule has 1 aromatic carbocycles. The van der Waals surface area contributed by atoms with Gasteiger partial charge in [-0.05, 0) is 38.3 Å². The fourth-order valence-corrected chi connectivity index (χ4v) is 6.36. The third kappa shape index (κ3) is 5.62. The lowest BCUT2D eigenvalue weighted by Crippen LogP contribution is -2.61. The molecule has 2 aliphatic rings. The van der Waals surface area contributed by atoms with Crippen molar-refractivity contribution in [2.45, 2.75) is 64.3 Å². The van der Waals surface area contributed by atoms with Gasteiger partial charge in [0.25, 0.3) is 5.91 Å². The Hall–Kier alpha value is -1.44. The van der Waals surface area contributed by atoms with Gasteiger partial charge in [0.15, 0.2) is 0 Å². The average molecular weight is 436 g/mol. The molecule has 6 nitrogen and oxygen atoms in total. The Bertz CT molecular complexity index is 791. The Morgan fingerprint density at radius 1 is 1.00 bits per heavy atom. The molecule has 0 bridgehead atoms. The van der Waals surface area contributed by atoms with Crippen molar-refractivity contribution in [3.63, 3.8) is 0 Å². The van der Waals surface area contributed by atoms with Crippen LogP contribution in [0.3, 0.4) is 0 Å². The fourth-order valence-electron chi connectivity index (χ4n) is 4.87. The second-order valence-corrected chi connectivity index (χ2v) is 11.0. The van der Waals surface area contributed by atoms with E-state index < -0.39 is 10.0 Å². The smallest absolute Gasteiger partial charge is 0.251 e. The Labute approximate surface area is 182 Å². The summed E-state index contributed by atoms with van der Waals surface area (Å²) in [7, 11) is -3.14. The lowest BCUT2D eigenvalue weighted by molar-refractivity contribution is 0.0391. The van der Waals surface area contributed by atoms with E-state index >= 15 is 0 Å². The Balaban J connectivity index is 1.68. The SMILES string of the molecule is CCCS(=O)(=O)N1CCN(C2(CNC(=O)c3ccc(C)cc3)CCCCCC2)CC1. The molecule has 7 heteroatoms. The van der Waals surface area contributed by atoms with Crippen molar-refractivity contribution in [2.75, 3.05) is 38.5 Å². The number of carbonyl (C=O) groups excluding carboxylic acids is 1. The highest BCUT2D eigenvalue weighted by atomic mass is 32.2. The molecular weight excluding hydrogens is 398 g/mol. The van der Waals surface area contributed by atoms with Crippen molar-refractivity contribution in [3.8, 4) is 0 Å². The van der Waals surface area contributed by atoms with Crippen LogP contribution in [0.25, 0.3) is 0 Å². The van der Waals surface area contributed by atoms with Crippen LogP contribution in [0.1, 0.15) is 67.8 Å². The van der Waals surface area contributed by atoms with Crippen molar-refractivity contribution < 1.29 is 13.2 Å². The summed E-state index contributed by atoms with van der Waals surface area (Å²) in [5.74, 6) is 0.202. The first kappa shape index (κ1) is 23.2. The Morgan fingerprint density at radius 3 is 2.17 bits per heavy atom. The molecule has 0 radical (unpaired) electrons. The van der Waals surface area contributed by atoms with Gasteiger partial charge >= 0.3 is 0 Å². The largest absolute Gasteiger partial charge is 0.350 e. The van der Waals surface area contributed by atoms with Gasteiger partial charge in [0.1, 0.15) is 0 Å². The van der Waals surface area contributed by atoms with Crippen LogP contribution in [0.5, 0.6) is 0 Å². The van der Waals surface area contributed by atoms with E-state index in [0.29, 0.717) is 31.6 Å². The summed E-state index contributed by atoms with van der Waals surface area (Å²) in [5.41, 5.74) is 1.76. The predicted octanol–water partition coefficient (Wildman–Crippen LogP) is 3.18. The molecule has 0 atom stereocenters. The normalized spacial score (nSPS) is 21.1. The number of rotatable bonds is 7. The van der Waals surface area contributed by atoms with E-state index in [4.69, 9.17) is 0 Å². The first-order chi connectivity index (χ1) is 14.4. The summed E-state index contributed by atoms with van der Waals surface area (Å²) < 4.78 is 26.6. The maximum atomic E-state index is 12.7. The third-order valence-corrected chi connectivity index (χ3v) is 8.77. The lowest BCUT2D eigenvalue weighted by Gasteiger charge is -2.47. The summed E-state index contributed by atoms with van der Waals surface area (Å²) in [6.07, 6.45) is 7.56. The van der Waals surface area contributed by atoms with Crippen LogP contribution < -0.4 is 5.32 Å². The van der Waals surface area contributed by atoms with Gasteiger partial charge in [-0.3, -0.25) is 9.69 Å². The monoisotopic (exact) mass is 435 g/mol. The first-order valence-corrected chi connectivity index (χ1v) is 13.0. The average Bonchev–Trinajstić information content (AvgIpc) is 2.99. The summed E-state index contributed by atoms with van der Waals surface area (Å²) in [6.45, 7) is 7.13. The highest BCUT2D eigenvalue weighted by Crippen LogP contribution is 2.33. The van der Waals surface area contributed by atoms with Gasteiger partial charge in [0.05, 0.1) is 5.75 Å². The molecule has 1 saturated heterocycles. The zero-order valence-electron chi connectivity index (χ0n) is 18.5. The molecule has 1 amide bonds. The standard InChI is InChI=1S/C23H37N3O3S/c1-3-18-30(28,29)26-16-14-25(15-17-26)23(12-6-4-5-7-13-23)19-24-22(27)21-10-8-20(2)9-11-21/h8-11H,3-7,12-19H2,1-2H3,(H,24,27). The topological polar surface area (TPSA) is 69.7 Å². The number of nitrogens with zero attached hydrogens (tertiary/aromatic N) is 2. The minimum Gasteiger partial charge on any atom is -0.350 e. The third-order valence-electron chi connectivity index (χ3n) is 6.69. The zero-order valence-corrected chi connectivity index (χ0v) is 19.3. The van der Waals surface area contributed by atoms with Crippen LogP contribution in [-0.4, -0.2) is 67.5 Å². The maximum Gasteiger partial charge on any atom is 0.251 e. The molecule has 30 heavy (non-hydrogen) atoms. The summed E-state index contributed by atoms with van der Waals surface area (Å²) in [5, 5.41) is 3.20. The van der Waals surface area contributed by atoms with Crippen molar-refractivity contribution in [1.29, 1.82) is 0 Å². The number of hydrogen-bond donors (Lipinski definition) is 1. The van der Waals surface area contributed by atoms with Crippen LogP contribution in [-0.2, 0) is 10.0 Å². The minimum absolute atomic E-state index is 0.0252. The van der Waals surface area contributed by atoms with E-state index in [0.717, 1.165) is 44.3 Å². The van der Waals surface area contributed by atoms with Gasteiger partial charge in [0.2, 0.25) is 10.0 Å². The van der Waals surface area contributed by atoms with Gasteiger partial charge < -0.3 is 5.32 Å². The van der Waals surface area contributed by atoms with Crippen LogP contribution in [0.15, 0.2) is 24.3 Å². The molecule has 1 heterocycles. The van der Waals surface area contributed by atoms with E-state index in [1.807, 2.05) is 38.1 Å². The van der Waals surface area contributed by atoms with Crippen LogP contribution in [0.2, 0.25) is 0 Å². The van der Waals surface area contributed by atoms with E-state index in [1.165, 1.54) is 12.8 Å². The van der Waals surface area contributed by atoms with Crippen molar-refractivity contribution in [2.24, 2.45) is 0 Å². The zero-order chi connectivity index (χ0) is 21.6. The van der Waals surface area contributed by atoms with Crippen molar-refractivity contribution >= 4 is 15.9 Å². The molecule has 1 aliphatic carbocycles. The van der Waals surface area contributed by atoms with Crippen LogP contribution in [0.4, 0.5) is 0 Å². The van der Waals surface area contributed by atoms with Crippen LogP contribution in [0, 0.1) is 6.92 Å². The summed E-state index contributed by atoms with van der Waals surface area (Å²) >= 11 is 0. The van der Waals surface area contributed by atoms with Crippen LogP contribution >= 0.6 is 0 Å². The quantitative estimate of drug-likeness (QED) is 0.668. The fraction of sp³-hybridized carbons (Fsp3) is 0.696. The molecule has 0 aromatic heterocycles. The molecular formula is C23H37N3O3S. The first-order valence-electron chi connectivity index (χ1n) is 11.4. The number of aryl methyl sites for hydroxylation is 1. The molecule has 0 spiro atoms. The number of amides is 1. The van der Waals surface area contributed by atoms with E-state index in [-0.39, 0.29) is 17.2 Å². The second kappa shape index (κ2) is 10.2. The van der Waals surface area contributed by atoms with E-state index in [9.17, 15) is 13.2 Å². The Kier molecular flexibility index (Phi) is 7.93. The number of nitrogens with one attached hydrogen (secondary N) is 1. The van der Waals surface area contributed by atoms with Gasteiger partial charge in [-0.15, -0.1) is 0 Å². The molecule has 0 unspecified atom stereocenters. The number of benzene rings is 1.